The molecule has 0 N–H and O–H groups in total. The summed E-state index contributed by atoms with van der Waals surface area (Å²) in [5.74, 6) is -0.184. The maximum Gasteiger partial charge on any atom is 0.329 e. The lowest BCUT2D eigenvalue weighted by Crippen LogP contribution is -2.27. The highest BCUT2D eigenvalue weighted by molar-refractivity contribution is 6.42. The molecule has 0 aliphatic rings. The van der Waals surface area contributed by atoms with Crippen LogP contribution in [0.3, 0.4) is 0 Å². The van der Waals surface area contributed by atoms with Crippen molar-refractivity contribution in [1.29, 1.82) is 0 Å². The second kappa shape index (κ2) is 7.72. The lowest BCUT2D eigenvalue weighted by molar-refractivity contribution is 0.00229. The third-order valence-corrected chi connectivity index (χ3v) is 4.63. The largest absolute Gasteiger partial charge is 0.497 e. The van der Waals surface area contributed by atoms with Crippen molar-refractivity contribution in [3.05, 3.63) is 73.6 Å². The van der Waals surface area contributed by atoms with Crippen molar-refractivity contribution in [2.45, 2.75) is 6.54 Å². The van der Waals surface area contributed by atoms with Crippen LogP contribution in [0.5, 0.6) is 5.75 Å². The fourth-order valence-corrected chi connectivity index (χ4v) is 2.93. The first-order valence-electron chi connectivity index (χ1n) is 7.69. The van der Waals surface area contributed by atoms with Crippen LogP contribution in [0.15, 0.2) is 41.2 Å². The molecule has 136 valence electrons. The molecule has 7 nitrogen and oxygen atoms in total. The van der Waals surface area contributed by atoms with E-state index in [0.29, 0.717) is 26.7 Å². The molecule has 0 bridgehead atoms. The van der Waals surface area contributed by atoms with E-state index in [1.54, 1.807) is 30.3 Å². The highest BCUT2D eigenvalue weighted by atomic mass is 35.5. The number of rotatable bonds is 5. The van der Waals surface area contributed by atoms with Gasteiger partial charge in [-0.25, -0.2) is 4.68 Å². The van der Waals surface area contributed by atoms with E-state index in [1.807, 2.05) is 0 Å². The number of carbonyl (C=O) groups excluding carboxylic acids is 1. The number of methoxy groups -OCH3 is 1. The first-order chi connectivity index (χ1) is 12.9. The van der Waals surface area contributed by atoms with Crippen LogP contribution in [0, 0.1) is 0 Å². The molecule has 0 radical (unpaired) electrons. The number of nitrogens with zero attached hydrogens (tertiary/aromatic N) is 4. The minimum absolute atomic E-state index is 0.0230. The molecule has 2 aromatic carbocycles. The van der Waals surface area contributed by atoms with Gasteiger partial charge in [0.2, 0.25) is 0 Å². The van der Waals surface area contributed by atoms with Crippen LogP contribution in [0.1, 0.15) is 16.1 Å². The number of Topliss-reactive ketones (excluding diaryl/α,β-unsaturated/α-hetero) is 1. The molecule has 0 amide bonds. The average molecular weight is 403 g/mol. The van der Waals surface area contributed by atoms with E-state index in [9.17, 15) is 9.59 Å². The predicted molar refractivity (Wildman–Crippen MR) is 102 cm³/mol. The summed E-state index contributed by atoms with van der Waals surface area (Å²) in [6.07, 6.45) is 0.722. The number of hydrogen-bond donors (Lipinski definition) is 0. The Bertz CT molecular complexity index is 1170. The summed E-state index contributed by atoms with van der Waals surface area (Å²) in [6, 6.07) is 9.62. The first-order valence-corrected chi connectivity index (χ1v) is 8.44. The third-order valence-electron chi connectivity index (χ3n) is 3.89. The topological polar surface area (TPSA) is 97.6 Å². The SMILES string of the molecule is COc1ccc2c(C(=O)C=[N+]=[N-])nn(Cc3ccc(Cl)c(Cl)c3)c(=O)c2c1. The molecular formula is C18H12Cl2N4O3. The molecule has 0 aliphatic heterocycles. The Labute approximate surface area is 163 Å². The summed E-state index contributed by atoms with van der Waals surface area (Å²) in [4.78, 5) is 27.9. The number of ether oxygens (including phenoxy) is 1. The molecule has 0 spiro atoms. The molecule has 9 heteroatoms. The fourth-order valence-electron chi connectivity index (χ4n) is 2.61. The Kier molecular flexibility index (Phi) is 5.37. The summed E-state index contributed by atoms with van der Waals surface area (Å²) in [5, 5.41) is 5.47. The van der Waals surface area contributed by atoms with Gasteiger partial charge in [0.1, 0.15) is 11.4 Å². The van der Waals surface area contributed by atoms with Crippen molar-refractivity contribution in [2.75, 3.05) is 7.11 Å². The maximum absolute atomic E-state index is 12.9. The van der Waals surface area contributed by atoms with E-state index in [-0.39, 0.29) is 17.6 Å². The van der Waals surface area contributed by atoms with E-state index < -0.39 is 11.3 Å². The van der Waals surface area contributed by atoms with E-state index in [2.05, 4.69) is 9.89 Å². The summed E-state index contributed by atoms with van der Waals surface area (Å²) in [6.45, 7) is 0.0689. The molecule has 27 heavy (non-hydrogen) atoms. The number of hydrogen-bond acceptors (Lipinski definition) is 4. The minimum atomic E-state index is -0.643. The molecule has 0 saturated carbocycles. The van der Waals surface area contributed by atoms with Gasteiger partial charge in [0.15, 0.2) is 0 Å². The van der Waals surface area contributed by atoms with Gasteiger partial charge in [0.25, 0.3) is 11.3 Å². The van der Waals surface area contributed by atoms with E-state index in [4.69, 9.17) is 33.5 Å². The van der Waals surface area contributed by atoms with Crippen molar-refractivity contribution >= 4 is 46.0 Å². The van der Waals surface area contributed by atoms with Gasteiger partial charge < -0.3 is 10.3 Å². The molecule has 0 fully saturated rings. The molecule has 0 saturated heterocycles. The molecule has 1 aromatic heterocycles. The smallest absolute Gasteiger partial charge is 0.329 e. The van der Waals surface area contributed by atoms with Gasteiger partial charge >= 0.3 is 6.21 Å². The van der Waals surface area contributed by atoms with Crippen LogP contribution in [0.2, 0.25) is 10.0 Å². The van der Waals surface area contributed by atoms with Crippen LogP contribution in [-0.4, -0.2) is 33.7 Å². The maximum atomic E-state index is 12.9. The summed E-state index contributed by atoms with van der Waals surface area (Å²) in [5.41, 5.74) is 8.92. The van der Waals surface area contributed by atoms with Gasteiger partial charge in [-0.3, -0.25) is 9.59 Å². The number of benzene rings is 2. The summed E-state index contributed by atoms with van der Waals surface area (Å²) < 4.78 is 6.30. The van der Waals surface area contributed by atoms with Crippen LogP contribution >= 0.6 is 23.2 Å². The van der Waals surface area contributed by atoms with Crippen molar-refractivity contribution in [2.24, 2.45) is 0 Å². The predicted octanol–water partition coefficient (Wildman–Crippen LogP) is 3.24. The molecule has 3 rings (SSSR count). The highest BCUT2D eigenvalue weighted by Crippen LogP contribution is 2.23. The van der Waals surface area contributed by atoms with Gasteiger partial charge in [0.05, 0.1) is 29.1 Å². The van der Waals surface area contributed by atoms with E-state index in [0.717, 1.165) is 10.9 Å². The minimum Gasteiger partial charge on any atom is -0.497 e. The molecule has 3 aromatic rings. The van der Waals surface area contributed by atoms with Gasteiger partial charge in [0, 0.05) is 5.39 Å². The average Bonchev–Trinajstić information content (AvgIpc) is 2.66. The van der Waals surface area contributed by atoms with Crippen molar-refractivity contribution in [3.8, 4) is 5.75 Å². The zero-order valence-electron chi connectivity index (χ0n) is 14.0. The Morgan fingerprint density at radius 3 is 2.67 bits per heavy atom. The molecule has 1 heterocycles. The Balaban J connectivity index is 2.23. The van der Waals surface area contributed by atoms with Crippen molar-refractivity contribution in [3.63, 3.8) is 0 Å². The zero-order chi connectivity index (χ0) is 19.6. The van der Waals surface area contributed by atoms with Crippen molar-refractivity contribution < 1.29 is 14.3 Å². The fraction of sp³-hybridized carbons (Fsp3) is 0.111. The van der Waals surface area contributed by atoms with E-state index in [1.165, 1.54) is 13.2 Å². The van der Waals surface area contributed by atoms with E-state index >= 15 is 0 Å². The lowest BCUT2D eigenvalue weighted by Gasteiger charge is -2.10. The number of aromatic nitrogens is 2. The van der Waals surface area contributed by atoms with Crippen LogP contribution in [0.25, 0.3) is 16.3 Å². The zero-order valence-corrected chi connectivity index (χ0v) is 15.5. The summed E-state index contributed by atoms with van der Waals surface area (Å²) in [7, 11) is 1.47. The number of carbonyl (C=O) groups is 1. The number of ketones is 1. The Hall–Kier alpha value is -2.99. The van der Waals surface area contributed by atoms with Gasteiger partial charge in [-0.15, -0.1) is 0 Å². The summed E-state index contributed by atoms with van der Waals surface area (Å²) >= 11 is 11.9. The number of fused-ring (bicyclic) bond motifs is 1. The monoisotopic (exact) mass is 402 g/mol. The molecular weight excluding hydrogens is 391 g/mol. The second-order valence-corrected chi connectivity index (χ2v) is 6.39. The standard InChI is InChI=1S/C18H12Cl2N4O3/c1-27-11-3-4-12-13(7-11)18(26)24(23-17(12)16(25)8-22-21)9-10-2-5-14(19)15(20)6-10/h2-8H,9H2,1H3. The van der Waals surface area contributed by atoms with Gasteiger partial charge in [-0.1, -0.05) is 29.3 Å². The Morgan fingerprint density at radius 1 is 1.22 bits per heavy atom. The second-order valence-electron chi connectivity index (χ2n) is 5.58. The van der Waals surface area contributed by atoms with Crippen LogP contribution < -0.4 is 10.3 Å². The van der Waals surface area contributed by atoms with Gasteiger partial charge in [-0.2, -0.15) is 9.89 Å². The first kappa shape index (κ1) is 18.8. The van der Waals surface area contributed by atoms with Crippen LogP contribution in [-0.2, 0) is 6.54 Å². The van der Waals surface area contributed by atoms with Crippen LogP contribution in [0.4, 0.5) is 0 Å². The Morgan fingerprint density at radius 2 is 2.00 bits per heavy atom. The van der Waals surface area contributed by atoms with Gasteiger partial charge in [-0.05, 0) is 35.9 Å². The quantitative estimate of drug-likeness (QED) is 0.283. The third kappa shape index (κ3) is 3.75. The molecule has 0 atom stereocenters. The molecule has 0 unspecified atom stereocenters. The highest BCUT2D eigenvalue weighted by Gasteiger charge is 2.19. The normalized spacial score (nSPS) is 10.5. The lowest BCUT2D eigenvalue weighted by atomic mass is 10.1. The molecule has 0 aliphatic carbocycles. The number of halogens is 2. The van der Waals surface area contributed by atoms with Crippen molar-refractivity contribution in [1.82, 2.24) is 9.78 Å².